The Hall–Kier alpha value is -1.97. The van der Waals surface area contributed by atoms with Crippen LogP contribution in [0, 0.1) is 11.6 Å². The second-order valence-corrected chi connectivity index (χ2v) is 4.27. The minimum absolute atomic E-state index is 0.115. The molecule has 0 fully saturated rings. The highest BCUT2D eigenvalue weighted by Crippen LogP contribution is 2.20. The number of rotatable bonds is 5. The SMILES string of the molecule is CCCc1ccc(OCc2ccc(F)cn2)c(F)c1. The van der Waals surface area contributed by atoms with E-state index in [-0.39, 0.29) is 18.2 Å². The van der Waals surface area contributed by atoms with E-state index in [2.05, 4.69) is 4.98 Å². The summed E-state index contributed by atoms with van der Waals surface area (Å²) in [6.45, 7) is 2.16. The van der Waals surface area contributed by atoms with Crippen molar-refractivity contribution < 1.29 is 13.5 Å². The van der Waals surface area contributed by atoms with Gasteiger partial charge in [0.15, 0.2) is 11.6 Å². The molecule has 0 saturated carbocycles. The van der Waals surface area contributed by atoms with Gasteiger partial charge in [0.25, 0.3) is 0 Å². The van der Waals surface area contributed by atoms with Crippen molar-refractivity contribution in [1.29, 1.82) is 0 Å². The zero-order valence-electron chi connectivity index (χ0n) is 10.7. The molecule has 0 amide bonds. The fourth-order valence-electron chi connectivity index (χ4n) is 1.75. The molecule has 0 aliphatic rings. The first-order chi connectivity index (χ1) is 9.19. The van der Waals surface area contributed by atoms with Crippen LogP contribution in [0.2, 0.25) is 0 Å². The Kier molecular flexibility index (Phi) is 4.44. The van der Waals surface area contributed by atoms with Gasteiger partial charge in [-0.2, -0.15) is 0 Å². The van der Waals surface area contributed by atoms with Gasteiger partial charge in [-0.25, -0.2) is 8.78 Å². The Bertz CT molecular complexity index is 540. The number of hydrogen-bond acceptors (Lipinski definition) is 2. The highest BCUT2D eigenvalue weighted by molar-refractivity contribution is 5.29. The van der Waals surface area contributed by atoms with Crippen LogP contribution in [0.5, 0.6) is 5.75 Å². The lowest BCUT2D eigenvalue weighted by Crippen LogP contribution is -2.00. The first-order valence-corrected chi connectivity index (χ1v) is 6.20. The van der Waals surface area contributed by atoms with Crippen molar-refractivity contribution in [2.45, 2.75) is 26.4 Å². The standard InChI is InChI=1S/C15H15F2NO/c1-2-3-11-4-7-15(14(17)8-11)19-10-13-6-5-12(16)9-18-13/h4-9H,2-3,10H2,1H3. The Balaban J connectivity index is 2.01. The third kappa shape index (κ3) is 3.74. The molecule has 0 spiro atoms. The lowest BCUT2D eigenvalue weighted by molar-refractivity contribution is 0.285. The number of pyridine rings is 1. The van der Waals surface area contributed by atoms with Crippen LogP contribution in [0.15, 0.2) is 36.5 Å². The highest BCUT2D eigenvalue weighted by Gasteiger charge is 2.05. The molecule has 1 aromatic carbocycles. The van der Waals surface area contributed by atoms with Gasteiger partial charge in [0.2, 0.25) is 0 Å². The zero-order chi connectivity index (χ0) is 13.7. The number of nitrogens with zero attached hydrogens (tertiary/aromatic N) is 1. The number of aromatic nitrogens is 1. The number of ether oxygens (including phenoxy) is 1. The van der Waals surface area contributed by atoms with Gasteiger partial charge in [0, 0.05) is 0 Å². The third-order valence-corrected chi connectivity index (χ3v) is 2.70. The van der Waals surface area contributed by atoms with Crippen LogP contribution >= 0.6 is 0 Å². The first kappa shape index (κ1) is 13.5. The first-order valence-electron chi connectivity index (χ1n) is 6.20. The van der Waals surface area contributed by atoms with Gasteiger partial charge in [0.05, 0.1) is 11.9 Å². The second kappa shape index (κ2) is 6.27. The van der Waals surface area contributed by atoms with E-state index in [0.29, 0.717) is 5.69 Å². The van der Waals surface area contributed by atoms with Gasteiger partial charge < -0.3 is 4.74 Å². The minimum Gasteiger partial charge on any atom is -0.484 e. The molecule has 0 saturated heterocycles. The minimum atomic E-state index is -0.404. The topological polar surface area (TPSA) is 22.1 Å². The van der Waals surface area contributed by atoms with Crippen LogP contribution in [0.25, 0.3) is 0 Å². The molecule has 0 N–H and O–H groups in total. The molecule has 0 aliphatic heterocycles. The van der Waals surface area contributed by atoms with Crippen molar-refractivity contribution in [3.63, 3.8) is 0 Å². The van der Waals surface area contributed by atoms with Gasteiger partial charge in [-0.15, -0.1) is 0 Å². The van der Waals surface area contributed by atoms with E-state index in [0.717, 1.165) is 24.6 Å². The Morgan fingerprint density at radius 2 is 2.00 bits per heavy atom. The van der Waals surface area contributed by atoms with Gasteiger partial charge in [-0.05, 0) is 36.2 Å². The van der Waals surface area contributed by atoms with E-state index >= 15 is 0 Å². The van der Waals surface area contributed by atoms with Gasteiger partial charge in [-0.1, -0.05) is 19.4 Å². The van der Waals surface area contributed by atoms with Crippen LogP contribution in [0.1, 0.15) is 24.6 Å². The molecule has 0 radical (unpaired) electrons. The van der Waals surface area contributed by atoms with Gasteiger partial charge in [0.1, 0.15) is 12.4 Å². The smallest absolute Gasteiger partial charge is 0.165 e. The van der Waals surface area contributed by atoms with E-state index < -0.39 is 5.82 Å². The molecule has 0 bridgehead atoms. The molecule has 1 aromatic heterocycles. The third-order valence-electron chi connectivity index (χ3n) is 2.70. The van der Waals surface area contributed by atoms with E-state index in [1.807, 2.05) is 13.0 Å². The van der Waals surface area contributed by atoms with Crippen molar-refractivity contribution >= 4 is 0 Å². The summed E-state index contributed by atoms with van der Waals surface area (Å²) in [5.41, 5.74) is 1.51. The number of hydrogen-bond donors (Lipinski definition) is 0. The Labute approximate surface area is 111 Å². The normalized spacial score (nSPS) is 10.5. The number of halogens is 2. The molecule has 0 unspecified atom stereocenters. The maximum absolute atomic E-state index is 13.7. The molecular weight excluding hydrogens is 248 g/mol. The monoisotopic (exact) mass is 263 g/mol. The van der Waals surface area contributed by atoms with E-state index in [1.165, 1.54) is 18.2 Å². The van der Waals surface area contributed by atoms with Crippen LogP contribution < -0.4 is 4.74 Å². The van der Waals surface area contributed by atoms with Gasteiger partial charge in [-0.3, -0.25) is 4.98 Å². The van der Waals surface area contributed by atoms with Crippen molar-refractivity contribution in [2.75, 3.05) is 0 Å². The van der Waals surface area contributed by atoms with Crippen molar-refractivity contribution in [3.8, 4) is 5.75 Å². The van der Waals surface area contributed by atoms with Gasteiger partial charge >= 0.3 is 0 Å². The maximum atomic E-state index is 13.7. The molecular formula is C15H15F2NO. The van der Waals surface area contributed by atoms with Crippen molar-refractivity contribution in [3.05, 3.63) is 59.4 Å². The fourth-order valence-corrected chi connectivity index (χ4v) is 1.75. The summed E-state index contributed by atoms with van der Waals surface area (Å²) < 4.78 is 31.7. The predicted octanol–water partition coefficient (Wildman–Crippen LogP) is 3.89. The number of benzene rings is 1. The Morgan fingerprint density at radius 3 is 2.63 bits per heavy atom. The van der Waals surface area contributed by atoms with Crippen LogP contribution in [-0.2, 0) is 13.0 Å². The summed E-state index contributed by atoms with van der Waals surface area (Å²) in [7, 11) is 0. The van der Waals surface area contributed by atoms with E-state index in [1.54, 1.807) is 6.07 Å². The summed E-state index contributed by atoms with van der Waals surface area (Å²) >= 11 is 0. The molecule has 0 aliphatic carbocycles. The summed E-state index contributed by atoms with van der Waals surface area (Å²) in [5, 5.41) is 0. The van der Waals surface area contributed by atoms with Crippen LogP contribution in [-0.4, -0.2) is 4.98 Å². The average molecular weight is 263 g/mol. The largest absolute Gasteiger partial charge is 0.484 e. The van der Waals surface area contributed by atoms with E-state index in [9.17, 15) is 8.78 Å². The summed E-state index contributed by atoms with van der Waals surface area (Å²) in [4.78, 5) is 3.85. The molecule has 1 heterocycles. The average Bonchev–Trinajstić information content (AvgIpc) is 2.40. The molecule has 2 rings (SSSR count). The number of aryl methyl sites for hydroxylation is 1. The maximum Gasteiger partial charge on any atom is 0.165 e. The van der Waals surface area contributed by atoms with Crippen molar-refractivity contribution in [2.24, 2.45) is 0 Å². The summed E-state index contributed by atoms with van der Waals surface area (Å²) in [5.74, 6) is -0.599. The molecule has 0 atom stereocenters. The highest BCUT2D eigenvalue weighted by atomic mass is 19.1. The molecule has 2 nitrogen and oxygen atoms in total. The summed E-state index contributed by atoms with van der Waals surface area (Å²) in [6, 6.07) is 7.76. The predicted molar refractivity (Wildman–Crippen MR) is 68.9 cm³/mol. The molecule has 4 heteroatoms. The Morgan fingerprint density at radius 1 is 1.16 bits per heavy atom. The summed E-state index contributed by atoms with van der Waals surface area (Å²) in [6.07, 6.45) is 2.93. The quantitative estimate of drug-likeness (QED) is 0.816. The van der Waals surface area contributed by atoms with Crippen molar-refractivity contribution in [1.82, 2.24) is 4.98 Å². The second-order valence-electron chi connectivity index (χ2n) is 4.27. The molecule has 19 heavy (non-hydrogen) atoms. The van der Waals surface area contributed by atoms with Crippen LogP contribution in [0.3, 0.4) is 0 Å². The lowest BCUT2D eigenvalue weighted by atomic mass is 10.1. The lowest BCUT2D eigenvalue weighted by Gasteiger charge is -2.08. The van der Waals surface area contributed by atoms with E-state index in [4.69, 9.17) is 4.74 Å². The molecule has 2 aromatic rings. The zero-order valence-corrected chi connectivity index (χ0v) is 10.7. The van der Waals surface area contributed by atoms with Crippen LogP contribution in [0.4, 0.5) is 8.78 Å². The fraction of sp³-hybridized carbons (Fsp3) is 0.267. The molecule has 100 valence electrons.